The molecule has 0 unspecified atom stereocenters. The van der Waals surface area contributed by atoms with E-state index in [-0.39, 0.29) is 19.4 Å². The van der Waals surface area contributed by atoms with E-state index in [1.165, 1.54) is 5.56 Å². The van der Waals surface area contributed by atoms with Crippen LogP contribution in [0.5, 0.6) is 0 Å². The number of carbonyl (C=O) groups is 2. The zero-order chi connectivity index (χ0) is 15.7. The molecule has 0 amide bonds. The monoisotopic (exact) mass is 293 g/mol. The summed E-state index contributed by atoms with van der Waals surface area (Å²) < 4.78 is 5.03. The quantitative estimate of drug-likeness (QED) is 0.708. The summed E-state index contributed by atoms with van der Waals surface area (Å²) in [7, 11) is 0. The molecule has 0 bridgehead atoms. The van der Waals surface area contributed by atoms with Gasteiger partial charge in [-0.3, -0.25) is 14.5 Å². The standard InChI is InChI=1S/C16H23NO4/c1-3-17(4-2)11-13-5-7-14(8-6-13)12-21-16(20)10-9-15(18)19/h5-8H,3-4,9-12H2,1-2H3,(H,18,19). The zero-order valence-corrected chi connectivity index (χ0v) is 12.7. The molecule has 0 saturated heterocycles. The third kappa shape index (κ3) is 6.90. The number of esters is 1. The first kappa shape index (κ1) is 17.2. The van der Waals surface area contributed by atoms with Crippen molar-refractivity contribution >= 4 is 11.9 Å². The molecular weight excluding hydrogens is 270 g/mol. The minimum atomic E-state index is -0.993. The van der Waals surface area contributed by atoms with Crippen molar-refractivity contribution in [2.24, 2.45) is 0 Å². The molecule has 116 valence electrons. The Morgan fingerprint density at radius 3 is 2.14 bits per heavy atom. The Hall–Kier alpha value is -1.88. The minimum absolute atomic E-state index is 0.0879. The number of nitrogens with zero attached hydrogens (tertiary/aromatic N) is 1. The number of rotatable bonds is 9. The first-order chi connectivity index (χ1) is 10.0. The smallest absolute Gasteiger partial charge is 0.306 e. The fraction of sp³-hybridized carbons (Fsp3) is 0.500. The van der Waals surface area contributed by atoms with Crippen molar-refractivity contribution in [3.8, 4) is 0 Å². The molecule has 1 aromatic carbocycles. The third-order valence-corrected chi connectivity index (χ3v) is 3.27. The van der Waals surface area contributed by atoms with Crippen LogP contribution in [0.1, 0.15) is 37.8 Å². The zero-order valence-electron chi connectivity index (χ0n) is 12.7. The van der Waals surface area contributed by atoms with Gasteiger partial charge >= 0.3 is 11.9 Å². The van der Waals surface area contributed by atoms with Crippen molar-refractivity contribution in [1.29, 1.82) is 0 Å². The third-order valence-electron chi connectivity index (χ3n) is 3.27. The van der Waals surface area contributed by atoms with Crippen molar-refractivity contribution in [2.75, 3.05) is 13.1 Å². The molecule has 0 spiro atoms. The highest BCUT2D eigenvalue weighted by molar-refractivity contribution is 5.76. The van der Waals surface area contributed by atoms with E-state index in [1.807, 2.05) is 24.3 Å². The molecule has 0 saturated carbocycles. The average molecular weight is 293 g/mol. The normalized spacial score (nSPS) is 10.6. The molecule has 0 aliphatic heterocycles. The number of carboxylic acid groups (broad SMARTS) is 1. The van der Waals surface area contributed by atoms with E-state index < -0.39 is 11.9 Å². The number of ether oxygens (including phenoxy) is 1. The summed E-state index contributed by atoms with van der Waals surface area (Å²) in [6, 6.07) is 7.92. The number of carbonyl (C=O) groups excluding carboxylic acids is 1. The van der Waals surface area contributed by atoms with Crippen LogP contribution in [-0.4, -0.2) is 35.0 Å². The minimum Gasteiger partial charge on any atom is -0.481 e. The molecule has 5 heteroatoms. The summed E-state index contributed by atoms with van der Waals surface area (Å²) in [6.45, 7) is 7.39. The van der Waals surface area contributed by atoms with Gasteiger partial charge in [-0.05, 0) is 24.2 Å². The van der Waals surface area contributed by atoms with Crippen LogP contribution in [0.3, 0.4) is 0 Å². The molecule has 5 nitrogen and oxygen atoms in total. The van der Waals surface area contributed by atoms with Gasteiger partial charge in [-0.1, -0.05) is 38.1 Å². The lowest BCUT2D eigenvalue weighted by Crippen LogP contribution is -2.22. The second-order valence-electron chi connectivity index (χ2n) is 4.83. The Kier molecular flexibility index (Phi) is 7.46. The molecule has 0 aliphatic carbocycles. The number of aliphatic carboxylic acids is 1. The maximum Gasteiger partial charge on any atom is 0.306 e. The highest BCUT2D eigenvalue weighted by Gasteiger charge is 2.07. The van der Waals surface area contributed by atoms with E-state index >= 15 is 0 Å². The van der Waals surface area contributed by atoms with Crippen LogP contribution in [0.25, 0.3) is 0 Å². The van der Waals surface area contributed by atoms with E-state index in [2.05, 4.69) is 18.7 Å². The average Bonchev–Trinajstić information content (AvgIpc) is 2.49. The molecule has 21 heavy (non-hydrogen) atoms. The number of hydrogen-bond acceptors (Lipinski definition) is 4. The predicted molar refractivity (Wildman–Crippen MR) is 79.7 cm³/mol. The fourth-order valence-electron chi connectivity index (χ4n) is 1.89. The Balaban J connectivity index is 2.40. The molecule has 1 rings (SSSR count). The van der Waals surface area contributed by atoms with Crippen LogP contribution in [0.4, 0.5) is 0 Å². The van der Waals surface area contributed by atoms with E-state index in [1.54, 1.807) is 0 Å². The van der Waals surface area contributed by atoms with Gasteiger partial charge in [-0.25, -0.2) is 0 Å². The lowest BCUT2D eigenvalue weighted by Gasteiger charge is -2.18. The first-order valence-electron chi connectivity index (χ1n) is 7.22. The predicted octanol–water partition coefficient (Wildman–Crippen LogP) is 2.44. The van der Waals surface area contributed by atoms with E-state index in [0.29, 0.717) is 0 Å². The maximum absolute atomic E-state index is 11.3. The second-order valence-corrected chi connectivity index (χ2v) is 4.83. The van der Waals surface area contributed by atoms with Crippen molar-refractivity contribution < 1.29 is 19.4 Å². The molecule has 0 radical (unpaired) electrons. The molecule has 1 aromatic rings. The summed E-state index contributed by atoms with van der Waals surface area (Å²) in [4.78, 5) is 24.0. The van der Waals surface area contributed by atoms with Crippen molar-refractivity contribution in [3.63, 3.8) is 0 Å². The van der Waals surface area contributed by atoms with Crippen LogP contribution < -0.4 is 0 Å². The van der Waals surface area contributed by atoms with Gasteiger partial charge in [0.15, 0.2) is 0 Å². The number of hydrogen-bond donors (Lipinski definition) is 1. The van der Waals surface area contributed by atoms with Gasteiger partial charge in [0.05, 0.1) is 12.8 Å². The first-order valence-corrected chi connectivity index (χ1v) is 7.22. The molecule has 0 aromatic heterocycles. The number of carboxylic acids is 1. The van der Waals surface area contributed by atoms with Gasteiger partial charge in [0.2, 0.25) is 0 Å². The van der Waals surface area contributed by atoms with Gasteiger partial charge in [0.25, 0.3) is 0 Å². The SMILES string of the molecule is CCN(CC)Cc1ccc(COC(=O)CCC(=O)O)cc1. The summed E-state index contributed by atoms with van der Waals surface area (Å²) in [5, 5.41) is 8.48. The summed E-state index contributed by atoms with van der Waals surface area (Å²) in [6.07, 6.45) is -0.281. The second kappa shape index (κ2) is 9.13. The Bertz CT molecular complexity index is 452. The van der Waals surface area contributed by atoms with Crippen LogP contribution in [0, 0.1) is 0 Å². The molecule has 0 heterocycles. The van der Waals surface area contributed by atoms with Crippen LogP contribution >= 0.6 is 0 Å². The molecule has 0 aliphatic rings. The van der Waals surface area contributed by atoms with Gasteiger partial charge in [0, 0.05) is 6.54 Å². The van der Waals surface area contributed by atoms with Gasteiger partial charge < -0.3 is 9.84 Å². The van der Waals surface area contributed by atoms with Crippen molar-refractivity contribution in [3.05, 3.63) is 35.4 Å². The maximum atomic E-state index is 11.3. The van der Waals surface area contributed by atoms with E-state index in [4.69, 9.17) is 9.84 Å². The Morgan fingerprint density at radius 2 is 1.62 bits per heavy atom. The Morgan fingerprint density at radius 1 is 1.05 bits per heavy atom. The van der Waals surface area contributed by atoms with E-state index in [0.717, 1.165) is 25.2 Å². The van der Waals surface area contributed by atoms with Crippen LogP contribution in [-0.2, 0) is 27.5 Å². The molecule has 0 atom stereocenters. The lowest BCUT2D eigenvalue weighted by molar-refractivity contribution is -0.148. The van der Waals surface area contributed by atoms with Gasteiger partial charge in [-0.2, -0.15) is 0 Å². The lowest BCUT2D eigenvalue weighted by atomic mass is 10.1. The van der Waals surface area contributed by atoms with Gasteiger partial charge in [-0.15, -0.1) is 0 Å². The highest BCUT2D eigenvalue weighted by atomic mass is 16.5. The number of benzene rings is 1. The van der Waals surface area contributed by atoms with Crippen LogP contribution in [0.15, 0.2) is 24.3 Å². The highest BCUT2D eigenvalue weighted by Crippen LogP contribution is 2.09. The largest absolute Gasteiger partial charge is 0.481 e. The Labute approximate surface area is 125 Å². The van der Waals surface area contributed by atoms with Crippen molar-refractivity contribution in [2.45, 2.75) is 39.8 Å². The van der Waals surface area contributed by atoms with E-state index in [9.17, 15) is 9.59 Å². The topological polar surface area (TPSA) is 66.8 Å². The summed E-state index contributed by atoms with van der Waals surface area (Å²) in [5.41, 5.74) is 2.13. The molecule has 0 fully saturated rings. The van der Waals surface area contributed by atoms with Crippen molar-refractivity contribution in [1.82, 2.24) is 4.90 Å². The van der Waals surface area contributed by atoms with Crippen LogP contribution in [0.2, 0.25) is 0 Å². The summed E-state index contributed by atoms with van der Waals surface area (Å²) in [5.74, 6) is -1.47. The molecular formula is C16H23NO4. The van der Waals surface area contributed by atoms with Gasteiger partial charge in [0.1, 0.15) is 6.61 Å². The fourth-order valence-corrected chi connectivity index (χ4v) is 1.89. The molecule has 1 N–H and O–H groups in total. The summed E-state index contributed by atoms with van der Waals surface area (Å²) >= 11 is 0.